The highest BCUT2D eigenvalue weighted by Crippen LogP contribution is 2.42. The van der Waals surface area contributed by atoms with E-state index in [2.05, 4.69) is 10.3 Å². The number of fused-ring (bicyclic) bond motifs is 1. The van der Waals surface area contributed by atoms with Crippen LogP contribution >= 0.6 is 0 Å². The second-order valence-corrected chi connectivity index (χ2v) is 8.97. The molecule has 2 amide bonds. The van der Waals surface area contributed by atoms with Crippen molar-refractivity contribution in [2.75, 3.05) is 46.7 Å². The minimum Gasteiger partial charge on any atom is -0.496 e. The van der Waals surface area contributed by atoms with Gasteiger partial charge in [0.2, 0.25) is 5.91 Å². The van der Waals surface area contributed by atoms with Gasteiger partial charge in [0.15, 0.2) is 5.82 Å². The lowest BCUT2D eigenvalue weighted by Crippen LogP contribution is -2.37. The molecule has 1 saturated heterocycles. The number of amides is 2. The first-order chi connectivity index (χ1) is 16.2. The van der Waals surface area contributed by atoms with Gasteiger partial charge in [-0.3, -0.25) is 9.59 Å². The zero-order chi connectivity index (χ0) is 24.6. The number of nitrogens with zero attached hydrogens (tertiary/aromatic N) is 2. The van der Waals surface area contributed by atoms with E-state index in [-0.39, 0.29) is 29.1 Å². The van der Waals surface area contributed by atoms with Gasteiger partial charge in [-0.25, -0.2) is 4.39 Å². The maximum Gasteiger partial charge on any atom is 0.269 e. The molecule has 1 aliphatic heterocycles. The maximum absolute atomic E-state index is 16.0. The predicted molar refractivity (Wildman–Crippen MR) is 132 cm³/mol. The Labute approximate surface area is 198 Å². The smallest absolute Gasteiger partial charge is 0.269 e. The molecule has 1 aromatic heterocycles. The van der Waals surface area contributed by atoms with Crippen molar-refractivity contribution in [2.45, 2.75) is 25.7 Å². The molecule has 180 valence electrons. The number of hydrogen-bond acceptors (Lipinski definition) is 4. The number of H-pyrrole nitrogens is 1. The van der Waals surface area contributed by atoms with E-state index in [0.29, 0.717) is 35.5 Å². The molecular formula is C26H31FN4O3. The number of rotatable bonds is 5. The number of aromatic amines is 1. The zero-order valence-electron chi connectivity index (χ0n) is 20.3. The molecule has 2 aromatic carbocycles. The Kier molecular flexibility index (Phi) is 6.50. The van der Waals surface area contributed by atoms with Crippen LogP contribution in [0.2, 0.25) is 0 Å². The van der Waals surface area contributed by atoms with E-state index in [1.165, 1.54) is 4.90 Å². The van der Waals surface area contributed by atoms with Crippen molar-refractivity contribution in [2.24, 2.45) is 0 Å². The number of aromatic nitrogens is 1. The minimum absolute atomic E-state index is 0.00512. The Morgan fingerprint density at radius 3 is 2.62 bits per heavy atom. The molecule has 3 aromatic rings. The van der Waals surface area contributed by atoms with Crippen molar-refractivity contribution in [1.29, 1.82) is 0 Å². The Hall–Kier alpha value is -3.55. The highest BCUT2D eigenvalue weighted by molar-refractivity contribution is 6.04. The van der Waals surface area contributed by atoms with Gasteiger partial charge in [0, 0.05) is 69.8 Å². The van der Waals surface area contributed by atoms with Crippen LogP contribution in [0.25, 0.3) is 22.0 Å². The number of piperidine rings is 1. The third-order valence-corrected chi connectivity index (χ3v) is 6.60. The first-order valence-electron chi connectivity index (χ1n) is 11.4. The van der Waals surface area contributed by atoms with Gasteiger partial charge in [-0.05, 0) is 48.2 Å². The van der Waals surface area contributed by atoms with Crippen molar-refractivity contribution in [1.82, 2.24) is 14.8 Å². The number of halogens is 1. The van der Waals surface area contributed by atoms with Gasteiger partial charge in [0.1, 0.15) is 11.4 Å². The summed E-state index contributed by atoms with van der Waals surface area (Å²) >= 11 is 0. The molecule has 0 spiro atoms. The molecule has 0 unspecified atom stereocenters. The number of hydrogen-bond donors (Lipinski definition) is 2. The van der Waals surface area contributed by atoms with Crippen LogP contribution in [0.15, 0.2) is 30.3 Å². The number of methoxy groups -OCH3 is 1. The van der Waals surface area contributed by atoms with Gasteiger partial charge in [0.25, 0.3) is 5.91 Å². The second kappa shape index (κ2) is 9.37. The monoisotopic (exact) mass is 466 g/mol. The molecule has 8 heteroatoms. The Bertz CT molecular complexity index is 1250. The van der Waals surface area contributed by atoms with E-state index in [0.717, 1.165) is 29.7 Å². The van der Waals surface area contributed by atoms with Gasteiger partial charge >= 0.3 is 0 Å². The Morgan fingerprint density at radius 2 is 1.97 bits per heavy atom. The molecule has 1 atom stereocenters. The van der Waals surface area contributed by atoms with Crippen LogP contribution in [0, 0.1) is 5.82 Å². The molecule has 1 aliphatic rings. The molecular weight excluding hydrogens is 435 g/mol. The van der Waals surface area contributed by atoms with Gasteiger partial charge in [-0.1, -0.05) is 0 Å². The summed E-state index contributed by atoms with van der Waals surface area (Å²) < 4.78 is 21.6. The molecule has 0 radical (unpaired) electrons. The van der Waals surface area contributed by atoms with Gasteiger partial charge in [-0.2, -0.15) is 0 Å². The quantitative estimate of drug-likeness (QED) is 0.582. The zero-order valence-corrected chi connectivity index (χ0v) is 20.3. The van der Waals surface area contributed by atoms with E-state index in [4.69, 9.17) is 4.74 Å². The fraction of sp³-hybridized carbons (Fsp3) is 0.385. The lowest BCUT2D eigenvalue weighted by Gasteiger charge is -2.32. The number of anilines is 1. The summed E-state index contributed by atoms with van der Waals surface area (Å²) in [6.45, 7) is 2.70. The Morgan fingerprint density at radius 1 is 1.21 bits per heavy atom. The maximum atomic E-state index is 16.0. The topological polar surface area (TPSA) is 77.7 Å². The lowest BCUT2D eigenvalue weighted by atomic mass is 9.86. The predicted octanol–water partition coefficient (Wildman–Crippen LogP) is 4.45. The van der Waals surface area contributed by atoms with Crippen LogP contribution in [-0.4, -0.2) is 67.9 Å². The van der Waals surface area contributed by atoms with Crippen LogP contribution in [0.4, 0.5) is 10.1 Å². The summed E-state index contributed by atoms with van der Waals surface area (Å²) in [7, 11) is 6.75. The van der Waals surface area contributed by atoms with E-state index in [1.807, 2.05) is 31.3 Å². The molecule has 34 heavy (non-hydrogen) atoms. The molecule has 0 bridgehead atoms. The second-order valence-electron chi connectivity index (χ2n) is 8.97. The third kappa shape index (κ3) is 4.20. The van der Waals surface area contributed by atoms with Gasteiger partial charge < -0.3 is 24.8 Å². The molecule has 4 rings (SSSR count). The lowest BCUT2D eigenvalue weighted by molar-refractivity contribution is -0.130. The van der Waals surface area contributed by atoms with E-state index < -0.39 is 0 Å². The summed E-state index contributed by atoms with van der Waals surface area (Å²) in [6.07, 6.45) is 1.60. The third-order valence-electron chi connectivity index (χ3n) is 6.60. The minimum atomic E-state index is -0.377. The van der Waals surface area contributed by atoms with Crippen molar-refractivity contribution >= 4 is 28.4 Å². The SMILES string of the molecule is CNc1ccc(-c2cc([C@@H]3CCCN(C(C)=O)C3)c(F)c3[nH]c(C(=O)N(C)C)cc23)c(OC)c1. The highest BCUT2D eigenvalue weighted by atomic mass is 19.1. The normalized spacial score (nSPS) is 15.9. The average molecular weight is 467 g/mol. The summed E-state index contributed by atoms with van der Waals surface area (Å²) in [5, 5.41) is 3.72. The summed E-state index contributed by atoms with van der Waals surface area (Å²) in [4.78, 5) is 30.9. The standard InChI is InChI=1S/C26H31FN4O3/c1-15(32)31-10-6-7-16(14-31)19-12-20(18-9-8-17(28-2)11-23(18)34-5)21-13-22(26(33)30(3)4)29-25(21)24(19)27/h8-9,11-13,16,28-29H,6-7,10,14H2,1-5H3/t16-/m1/s1. The van der Waals surface area contributed by atoms with Crippen LogP contribution in [0.1, 0.15) is 41.7 Å². The molecule has 2 heterocycles. The average Bonchev–Trinajstić information content (AvgIpc) is 3.29. The number of carbonyl (C=O) groups is 2. The first kappa shape index (κ1) is 23.6. The fourth-order valence-corrected chi connectivity index (χ4v) is 4.74. The van der Waals surface area contributed by atoms with Gasteiger partial charge in [-0.15, -0.1) is 0 Å². The number of ether oxygens (including phenoxy) is 1. The van der Waals surface area contributed by atoms with Crippen molar-refractivity contribution in [3.63, 3.8) is 0 Å². The molecule has 0 aliphatic carbocycles. The van der Waals surface area contributed by atoms with Gasteiger partial charge in [0.05, 0.1) is 12.6 Å². The molecule has 0 saturated carbocycles. The number of nitrogens with one attached hydrogen (secondary N) is 2. The molecule has 7 nitrogen and oxygen atoms in total. The van der Waals surface area contributed by atoms with Crippen molar-refractivity contribution in [3.05, 3.63) is 47.4 Å². The molecule has 1 fully saturated rings. The number of likely N-dealkylation sites (tertiary alicyclic amines) is 1. The van der Waals surface area contributed by atoms with Crippen LogP contribution in [0.3, 0.4) is 0 Å². The summed E-state index contributed by atoms with van der Waals surface area (Å²) in [5.74, 6) is -0.116. The van der Waals surface area contributed by atoms with E-state index in [9.17, 15) is 9.59 Å². The van der Waals surface area contributed by atoms with Crippen LogP contribution in [0.5, 0.6) is 5.75 Å². The van der Waals surface area contributed by atoms with Crippen molar-refractivity contribution < 1.29 is 18.7 Å². The number of benzene rings is 2. The number of carbonyl (C=O) groups excluding carboxylic acids is 2. The Balaban J connectivity index is 1.95. The van der Waals surface area contributed by atoms with E-state index in [1.54, 1.807) is 39.1 Å². The highest BCUT2D eigenvalue weighted by Gasteiger charge is 2.28. The largest absolute Gasteiger partial charge is 0.496 e. The fourth-order valence-electron chi connectivity index (χ4n) is 4.74. The van der Waals surface area contributed by atoms with E-state index >= 15 is 4.39 Å². The van der Waals surface area contributed by atoms with Crippen molar-refractivity contribution in [3.8, 4) is 16.9 Å². The van der Waals surface area contributed by atoms with Crippen LogP contribution < -0.4 is 10.1 Å². The summed E-state index contributed by atoms with van der Waals surface area (Å²) in [5.41, 5.74) is 3.62. The summed E-state index contributed by atoms with van der Waals surface area (Å²) in [6, 6.07) is 9.32. The van der Waals surface area contributed by atoms with Crippen LogP contribution in [-0.2, 0) is 4.79 Å². The first-order valence-corrected chi connectivity index (χ1v) is 11.4. The molecule has 2 N–H and O–H groups in total.